The van der Waals surface area contributed by atoms with Gasteiger partial charge in [0.15, 0.2) is 11.0 Å². The third-order valence-corrected chi connectivity index (χ3v) is 5.24. The number of thioether (sulfide) groups is 1. The molecule has 3 aromatic rings. The second-order valence-corrected chi connectivity index (χ2v) is 6.88. The van der Waals surface area contributed by atoms with Crippen molar-refractivity contribution in [3.63, 3.8) is 0 Å². The van der Waals surface area contributed by atoms with E-state index in [0.29, 0.717) is 17.6 Å². The molecule has 0 aliphatic carbocycles. The second kappa shape index (κ2) is 7.10. The van der Waals surface area contributed by atoms with Crippen molar-refractivity contribution in [1.82, 2.24) is 25.0 Å². The lowest BCUT2D eigenvalue weighted by Gasteiger charge is -2.03. The smallest absolute Gasteiger partial charge is 0.294 e. The predicted octanol–water partition coefficient (Wildman–Crippen LogP) is 3.33. The van der Waals surface area contributed by atoms with Crippen LogP contribution in [0.2, 0.25) is 0 Å². The molecule has 2 heterocycles. The Morgan fingerprint density at radius 1 is 1.13 bits per heavy atom. The van der Waals surface area contributed by atoms with Gasteiger partial charge in [-0.3, -0.25) is 0 Å². The summed E-state index contributed by atoms with van der Waals surface area (Å²) < 4.78 is 7.34. The van der Waals surface area contributed by atoms with Crippen molar-refractivity contribution in [3.05, 3.63) is 34.8 Å². The first kappa shape index (κ1) is 15.9. The molecule has 0 unspecified atom stereocenters. The highest BCUT2D eigenvalue weighted by Gasteiger charge is 2.13. The summed E-state index contributed by atoms with van der Waals surface area (Å²) in [5.74, 6) is 1.56. The van der Waals surface area contributed by atoms with E-state index in [1.165, 1.54) is 16.9 Å². The standard InChI is InChI=1S/C15H17N5OS2/c1-4-21-15-19-16-12(23-15)9-22-14-18-17-13(20(14)3)11-7-5-10(2)6-8-11/h5-8H,4,9H2,1-3H3. The first-order chi connectivity index (χ1) is 11.2. The zero-order valence-electron chi connectivity index (χ0n) is 13.2. The topological polar surface area (TPSA) is 65.7 Å². The van der Waals surface area contributed by atoms with E-state index < -0.39 is 0 Å². The van der Waals surface area contributed by atoms with Crippen molar-refractivity contribution >= 4 is 23.1 Å². The summed E-state index contributed by atoms with van der Waals surface area (Å²) in [7, 11) is 1.98. The van der Waals surface area contributed by atoms with E-state index >= 15 is 0 Å². The Kier molecular flexibility index (Phi) is 4.92. The van der Waals surface area contributed by atoms with Crippen molar-refractivity contribution < 1.29 is 4.74 Å². The Labute approximate surface area is 142 Å². The molecule has 6 nitrogen and oxygen atoms in total. The minimum absolute atomic E-state index is 0.602. The highest BCUT2D eigenvalue weighted by atomic mass is 32.2. The summed E-state index contributed by atoms with van der Waals surface area (Å²) in [5, 5.41) is 19.1. The zero-order chi connectivity index (χ0) is 16.2. The average molecular weight is 347 g/mol. The molecule has 0 radical (unpaired) electrons. The molecule has 0 saturated heterocycles. The van der Waals surface area contributed by atoms with Gasteiger partial charge in [-0.2, -0.15) is 0 Å². The number of aromatic nitrogens is 5. The van der Waals surface area contributed by atoms with Gasteiger partial charge in [-0.25, -0.2) is 0 Å². The van der Waals surface area contributed by atoms with Gasteiger partial charge in [0.1, 0.15) is 5.01 Å². The lowest BCUT2D eigenvalue weighted by Crippen LogP contribution is -1.95. The molecule has 2 aromatic heterocycles. The lowest BCUT2D eigenvalue weighted by atomic mass is 10.1. The minimum Gasteiger partial charge on any atom is -0.469 e. The molecule has 3 rings (SSSR count). The van der Waals surface area contributed by atoms with E-state index in [4.69, 9.17) is 4.74 Å². The van der Waals surface area contributed by atoms with Crippen LogP contribution < -0.4 is 4.74 Å². The van der Waals surface area contributed by atoms with E-state index in [-0.39, 0.29) is 0 Å². The SMILES string of the molecule is CCOc1nnc(CSc2nnc(-c3ccc(C)cc3)n2C)s1. The fraction of sp³-hybridized carbons (Fsp3) is 0.333. The Bertz CT molecular complexity index is 782. The predicted molar refractivity (Wildman–Crippen MR) is 91.8 cm³/mol. The van der Waals surface area contributed by atoms with Gasteiger partial charge in [-0.05, 0) is 13.8 Å². The number of aryl methyl sites for hydroxylation is 1. The number of rotatable bonds is 6. The van der Waals surface area contributed by atoms with Gasteiger partial charge in [0.25, 0.3) is 5.19 Å². The van der Waals surface area contributed by atoms with Gasteiger partial charge in [-0.1, -0.05) is 52.9 Å². The fourth-order valence-corrected chi connectivity index (χ4v) is 3.64. The van der Waals surface area contributed by atoms with Crippen LogP contribution in [0.3, 0.4) is 0 Å². The van der Waals surface area contributed by atoms with Gasteiger partial charge in [0, 0.05) is 12.6 Å². The third-order valence-electron chi connectivity index (χ3n) is 3.19. The van der Waals surface area contributed by atoms with Crippen LogP contribution in [0.15, 0.2) is 29.4 Å². The first-order valence-electron chi connectivity index (χ1n) is 7.21. The van der Waals surface area contributed by atoms with Crippen molar-refractivity contribution in [2.75, 3.05) is 6.61 Å². The molecule has 23 heavy (non-hydrogen) atoms. The fourth-order valence-electron chi connectivity index (χ4n) is 2.00. The Hall–Kier alpha value is -1.93. The van der Waals surface area contributed by atoms with Crippen molar-refractivity contribution in [2.24, 2.45) is 7.05 Å². The summed E-state index contributed by atoms with van der Waals surface area (Å²) in [5.41, 5.74) is 2.29. The molecule has 0 amide bonds. The molecule has 0 bridgehead atoms. The summed E-state index contributed by atoms with van der Waals surface area (Å²) in [6.45, 7) is 4.60. The number of hydrogen-bond acceptors (Lipinski definition) is 7. The van der Waals surface area contributed by atoms with E-state index in [1.54, 1.807) is 11.8 Å². The van der Waals surface area contributed by atoms with Gasteiger partial charge in [0.2, 0.25) is 0 Å². The van der Waals surface area contributed by atoms with Crippen LogP contribution in [0, 0.1) is 6.92 Å². The van der Waals surface area contributed by atoms with E-state index in [0.717, 1.165) is 21.6 Å². The van der Waals surface area contributed by atoms with Crippen LogP contribution in [0.5, 0.6) is 5.19 Å². The molecule has 0 saturated carbocycles. The van der Waals surface area contributed by atoms with Crippen molar-refractivity contribution in [3.8, 4) is 16.6 Å². The maximum absolute atomic E-state index is 5.34. The molecule has 0 fully saturated rings. The molecule has 0 atom stereocenters. The van der Waals surface area contributed by atoms with E-state index in [9.17, 15) is 0 Å². The molecular weight excluding hydrogens is 330 g/mol. The van der Waals surface area contributed by atoms with Crippen LogP contribution in [0.4, 0.5) is 0 Å². The Morgan fingerprint density at radius 2 is 1.91 bits per heavy atom. The summed E-state index contributed by atoms with van der Waals surface area (Å²) >= 11 is 3.06. The highest BCUT2D eigenvalue weighted by molar-refractivity contribution is 7.98. The maximum atomic E-state index is 5.34. The van der Waals surface area contributed by atoms with Crippen LogP contribution >= 0.6 is 23.1 Å². The van der Waals surface area contributed by atoms with Gasteiger partial charge in [-0.15, -0.1) is 20.4 Å². The van der Waals surface area contributed by atoms with Crippen LogP contribution in [-0.4, -0.2) is 31.6 Å². The van der Waals surface area contributed by atoms with Crippen LogP contribution in [0.25, 0.3) is 11.4 Å². The van der Waals surface area contributed by atoms with Crippen LogP contribution in [0.1, 0.15) is 17.5 Å². The first-order valence-corrected chi connectivity index (χ1v) is 9.02. The van der Waals surface area contributed by atoms with Crippen molar-refractivity contribution in [2.45, 2.75) is 24.8 Å². The number of benzene rings is 1. The third kappa shape index (κ3) is 3.70. The summed E-state index contributed by atoms with van der Waals surface area (Å²) in [6, 6.07) is 8.28. The highest BCUT2D eigenvalue weighted by Crippen LogP contribution is 2.28. The summed E-state index contributed by atoms with van der Waals surface area (Å²) in [4.78, 5) is 0. The minimum atomic E-state index is 0.602. The van der Waals surface area contributed by atoms with Gasteiger partial charge >= 0.3 is 0 Å². The quantitative estimate of drug-likeness (QED) is 0.637. The molecule has 120 valence electrons. The molecule has 0 spiro atoms. The Balaban J connectivity index is 1.70. The monoisotopic (exact) mass is 347 g/mol. The van der Waals surface area contributed by atoms with Crippen LogP contribution in [-0.2, 0) is 12.8 Å². The van der Waals surface area contributed by atoms with Gasteiger partial charge in [0.05, 0.1) is 12.4 Å². The normalized spacial score (nSPS) is 10.9. The largest absolute Gasteiger partial charge is 0.469 e. The zero-order valence-corrected chi connectivity index (χ0v) is 14.8. The maximum Gasteiger partial charge on any atom is 0.294 e. The van der Waals surface area contributed by atoms with Gasteiger partial charge < -0.3 is 9.30 Å². The van der Waals surface area contributed by atoms with E-state index in [2.05, 4.69) is 51.6 Å². The molecule has 0 aliphatic rings. The lowest BCUT2D eigenvalue weighted by molar-refractivity contribution is 0.335. The Morgan fingerprint density at radius 3 is 2.65 bits per heavy atom. The average Bonchev–Trinajstić information content (AvgIpc) is 3.14. The van der Waals surface area contributed by atoms with Crippen molar-refractivity contribution in [1.29, 1.82) is 0 Å². The molecule has 1 aromatic carbocycles. The number of ether oxygens (including phenoxy) is 1. The molecular formula is C15H17N5OS2. The molecule has 8 heteroatoms. The van der Waals surface area contributed by atoms with E-state index in [1.807, 2.05) is 18.5 Å². The molecule has 0 N–H and O–H groups in total. The number of nitrogens with zero attached hydrogens (tertiary/aromatic N) is 5. The number of hydrogen-bond donors (Lipinski definition) is 0. The summed E-state index contributed by atoms with van der Waals surface area (Å²) in [6.07, 6.45) is 0. The second-order valence-electron chi connectivity index (χ2n) is 4.91. The molecule has 0 aliphatic heterocycles.